The Balaban J connectivity index is 2.01. The van der Waals surface area contributed by atoms with Gasteiger partial charge in [-0.25, -0.2) is 0 Å². The molecule has 3 saturated carbocycles. The van der Waals surface area contributed by atoms with Gasteiger partial charge in [-0.15, -0.1) is 23.2 Å². The number of fused-ring (bicyclic) bond motifs is 9. The highest BCUT2D eigenvalue weighted by molar-refractivity contribution is 6.65. The fourth-order valence-corrected chi connectivity index (χ4v) is 8.18. The van der Waals surface area contributed by atoms with E-state index in [0.717, 1.165) is 6.42 Å². The Morgan fingerprint density at radius 3 is 1.56 bits per heavy atom. The van der Waals surface area contributed by atoms with Crippen LogP contribution in [0.5, 0.6) is 0 Å². The molecule has 4 rings (SSSR count). The van der Waals surface area contributed by atoms with Crippen LogP contribution < -0.4 is 0 Å². The van der Waals surface area contributed by atoms with Crippen molar-refractivity contribution in [3.8, 4) is 0 Å². The highest BCUT2D eigenvalue weighted by Gasteiger charge is 2.85. The smallest absolute Gasteiger partial charge is 0.109 e. The van der Waals surface area contributed by atoms with Crippen LogP contribution in [0.1, 0.15) is 19.3 Å². The largest absolute Gasteiger partial charge is 0.166 e. The zero-order valence-electron chi connectivity index (χ0n) is 9.20. The first-order chi connectivity index (χ1) is 8.28. The van der Waals surface area contributed by atoms with Gasteiger partial charge in [-0.2, -0.15) is 0 Å². The molecule has 0 unspecified atom stereocenters. The first kappa shape index (κ1) is 13.2. The van der Waals surface area contributed by atoms with Gasteiger partial charge in [0.2, 0.25) is 0 Å². The van der Waals surface area contributed by atoms with E-state index in [1.165, 1.54) is 12.8 Å². The molecule has 0 spiro atoms. The van der Waals surface area contributed by atoms with Gasteiger partial charge < -0.3 is 0 Å². The molecule has 0 radical (unpaired) electrons. The minimum Gasteiger partial charge on any atom is -0.109 e. The minimum atomic E-state index is -1.33. The third kappa shape index (κ3) is 1.01. The summed E-state index contributed by atoms with van der Waals surface area (Å²) >= 11 is 39.4. The summed E-state index contributed by atoms with van der Waals surface area (Å²) in [5, 5.41) is 0.722. The average Bonchev–Trinajstić information content (AvgIpc) is 2.97. The van der Waals surface area contributed by atoms with E-state index in [0.29, 0.717) is 21.9 Å². The van der Waals surface area contributed by atoms with Gasteiger partial charge in [0.25, 0.3) is 0 Å². The molecule has 6 heteroatoms. The molecule has 0 N–H and O–H groups in total. The van der Waals surface area contributed by atoms with Gasteiger partial charge in [0.1, 0.15) is 9.75 Å². The first-order valence-corrected chi connectivity index (χ1v) is 8.36. The molecule has 6 atom stereocenters. The maximum atomic E-state index is 6.80. The van der Waals surface area contributed by atoms with Crippen LogP contribution in [0, 0.1) is 23.7 Å². The molecule has 0 amide bonds. The normalized spacial score (nSPS) is 59.7. The van der Waals surface area contributed by atoms with Crippen molar-refractivity contribution in [3.05, 3.63) is 10.1 Å². The predicted octanol–water partition coefficient (Wildman–Crippen LogP) is 5.49. The number of halogens is 6. The van der Waals surface area contributed by atoms with Gasteiger partial charge >= 0.3 is 0 Å². The third-order valence-corrected chi connectivity index (χ3v) is 9.87. The molecule has 0 aromatic rings. The summed E-state index contributed by atoms with van der Waals surface area (Å²) in [6.45, 7) is 0. The highest BCUT2D eigenvalue weighted by atomic mass is 35.5. The zero-order chi connectivity index (χ0) is 13.1. The Hall–Kier alpha value is 1.48. The van der Waals surface area contributed by atoms with Crippen LogP contribution in [0.4, 0.5) is 0 Å². The van der Waals surface area contributed by atoms with Gasteiger partial charge in [-0.05, 0) is 42.9 Å². The molecule has 4 aliphatic rings. The summed E-state index contributed by atoms with van der Waals surface area (Å²) in [4.78, 5) is -2.03. The number of hydrogen-bond acceptors (Lipinski definition) is 0. The summed E-state index contributed by atoms with van der Waals surface area (Å²) < 4.78 is -1.33. The Morgan fingerprint density at radius 1 is 0.778 bits per heavy atom. The van der Waals surface area contributed by atoms with Crippen molar-refractivity contribution < 1.29 is 0 Å². The van der Waals surface area contributed by atoms with E-state index in [-0.39, 0.29) is 11.8 Å². The molecule has 0 aromatic heterocycles. The Bertz CT molecular complexity index is 445. The Labute approximate surface area is 136 Å². The van der Waals surface area contributed by atoms with E-state index in [1.807, 2.05) is 0 Å². The van der Waals surface area contributed by atoms with Crippen LogP contribution in [-0.4, -0.2) is 14.1 Å². The van der Waals surface area contributed by atoms with Gasteiger partial charge in [-0.3, -0.25) is 0 Å². The standard InChI is InChI=1S/C12H10Cl6/c13-8-9(14)11(16)7-5-2-1-4(3-5)6(7)10(8,15)12(11,17)18/h4-7H,1-3H2/t4-,5+,6-,7+,10-,11+. The Morgan fingerprint density at radius 2 is 1.17 bits per heavy atom. The zero-order valence-corrected chi connectivity index (χ0v) is 13.7. The highest BCUT2D eigenvalue weighted by Crippen LogP contribution is 2.82. The van der Waals surface area contributed by atoms with Crippen molar-refractivity contribution >= 4 is 69.6 Å². The second-order valence-electron chi connectivity index (χ2n) is 6.01. The monoisotopic (exact) mass is 364 g/mol. The lowest BCUT2D eigenvalue weighted by Crippen LogP contribution is -2.46. The molecule has 0 nitrogen and oxygen atoms in total. The number of hydrogen-bond donors (Lipinski definition) is 0. The Kier molecular flexibility index (Phi) is 2.52. The first-order valence-electron chi connectivity index (χ1n) is 6.09. The SMILES string of the molecule is ClC1=C(Cl)[C@]2(Cl)[C@@H]3[C@@H]4CC[C@@H](C4)[C@@H]3[C@@]1(Cl)C2(Cl)Cl. The fourth-order valence-electron chi connectivity index (χ4n) is 5.01. The summed E-state index contributed by atoms with van der Waals surface area (Å²) in [7, 11) is 0. The number of alkyl halides is 4. The lowest BCUT2D eigenvalue weighted by atomic mass is 9.73. The van der Waals surface area contributed by atoms with Crippen LogP contribution in [-0.2, 0) is 0 Å². The van der Waals surface area contributed by atoms with Crippen molar-refractivity contribution in [1.82, 2.24) is 0 Å². The molecule has 0 saturated heterocycles. The summed E-state index contributed by atoms with van der Waals surface area (Å²) in [6.07, 6.45) is 3.48. The molecule has 0 aromatic carbocycles. The molecule has 18 heavy (non-hydrogen) atoms. The van der Waals surface area contributed by atoms with E-state index in [2.05, 4.69) is 0 Å². The quantitative estimate of drug-likeness (QED) is 0.392. The van der Waals surface area contributed by atoms with Crippen LogP contribution in [0.3, 0.4) is 0 Å². The minimum absolute atomic E-state index is 0.153. The molecule has 0 aliphatic heterocycles. The van der Waals surface area contributed by atoms with Gasteiger partial charge in [0, 0.05) is 0 Å². The lowest BCUT2D eigenvalue weighted by Gasteiger charge is -2.39. The predicted molar refractivity (Wildman–Crippen MR) is 78.1 cm³/mol. The van der Waals surface area contributed by atoms with Crippen molar-refractivity contribution in [2.24, 2.45) is 23.7 Å². The number of rotatable bonds is 0. The van der Waals surface area contributed by atoms with Gasteiger partial charge in [0.15, 0.2) is 4.33 Å². The van der Waals surface area contributed by atoms with E-state index in [1.54, 1.807) is 0 Å². The average molecular weight is 367 g/mol. The van der Waals surface area contributed by atoms with E-state index in [9.17, 15) is 0 Å². The summed E-state index contributed by atoms with van der Waals surface area (Å²) in [5.41, 5.74) is 0. The molecule has 4 aliphatic carbocycles. The van der Waals surface area contributed by atoms with Crippen molar-refractivity contribution in [1.29, 1.82) is 0 Å². The van der Waals surface area contributed by atoms with E-state index >= 15 is 0 Å². The topological polar surface area (TPSA) is 0 Å². The van der Waals surface area contributed by atoms with Crippen molar-refractivity contribution in [3.63, 3.8) is 0 Å². The molecule has 3 fully saturated rings. The van der Waals surface area contributed by atoms with Crippen LogP contribution >= 0.6 is 69.6 Å². The van der Waals surface area contributed by atoms with Gasteiger partial charge in [0.05, 0.1) is 10.1 Å². The third-order valence-electron chi connectivity index (χ3n) is 5.58. The van der Waals surface area contributed by atoms with Gasteiger partial charge in [-0.1, -0.05) is 46.4 Å². The molecule has 100 valence electrons. The summed E-state index contributed by atoms with van der Waals surface area (Å²) in [5.74, 6) is 1.35. The van der Waals surface area contributed by atoms with Crippen molar-refractivity contribution in [2.75, 3.05) is 0 Å². The van der Waals surface area contributed by atoms with Crippen molar-refractivity contribution in [2.45, 2.75) is 33.3 Å². The van der Waals surface area contributed by atoms with E-state index in [4.69, 9.17) is 69.6 Å². The molecular formula is C12H10Cl6. The lowest BCUT2D eigenvalue weighted by molar-refractivity contribution is 0.219. The maximum Gasteiger partial charge on any atom is 0.166 e. The summed E-state index contributed by atoms with van der Waals surface area (Å²) in [6, 6.07) is 0. The fraction of sp³-hybridized carbons (Fsp3) is 0.833. The van der Waals surface area contributed by atoms with Crippen LogP contribution in [0.2, 0.25) is 0 Å². The van der Waals surface area contributed by atoms with Crippen LogP contribution in [0.15, 0.2) is 10.1 Å². The van der Waals surface area contributed by atoms with Crippen LogP contribution in [0.25, 0.3) is 0 Å². The molecule has 0 heterocycles. The molecular weight excluding hydrogens is 357 g/mol. The number of allylic oxidation sites excluding steroid dienone is 2. The second kappa shape index (κ2) is 3.45. The second-order valence-corrected chi connectivity index (χ2v) is 9.29. The van der Waals surface area contributed by atoms with E-state index < -0.39 is 14.1 Å². The maximum absolute atomic E-state index is 6.80. The molecule has 4 bridgehead atoms.